The van der Waals surface area contributed by atoms with Crippen LogP contribution < -0.4 is 15.5 Å². The number of hydrogen-bond acceptors (Lipinski definition) is 5. The lowest BCUT2D eigenvalue weighted by Gasteiger charge is -2.19. The first-order chi connectivity index (χ1) is 11.1. The molecule has 0 radical (unpaired) electrons. The van der Waals surface area contributed by atoms with Crippen molar-refractivity contribution in [1.82, 2.24) is 10.8 Å². The van der Waals surface area contributed by atoms with Gasteiger partial charge in [0.15, 0.2) is 6.23 Å². The van der Waals surface area contributed by atoms with Gasteiger partial charge in [-0.15, -0.1) is 11.3 Å². The summed E-state index contributed by atoms with van der Waals surface area (Å²) in [5.74, 6) is -0.230. The van der Waals surface area contributed by atoms with Gasteiger partial charge in [0.1, 0.15) is 5.75 Å². The van der Waals surface area contributed by atoms with Crippen LogP contribution in [0.3, 0.4) is 0 Å². The molecule has 2 rings (SSSR count). The summed E-state index contributed by atoms with van der Waals surface area (Å²) < 4.78 is 5.77. The summed E-state index contributed by atoms with van der Waals surface area (Å²) in [6.07, 6.45) is 1.06. The summed E-state index contributed by atoms with van der Waals surface area (Å²) >= 11 is 1.37. The van der Waals surface area contributed by atoms with Gasteiger partial charge in [-0.1, -0.05) is 19.4 Å². The SMILES string of the molecule is CCC[C@@H](NC(=O)c1cccs1)Oc1ccc(C(=O)NO)cc1. The van der Waals surface area contributed by atoms with Gasteiger partial charge in [0.25, 0.3) is 11.8 Å². The molecule has 0 unspecified atom stereocenters. The highest BCUT2D eigenvalue weighted by Gasteiger charge is 2.15. The largest absolute Gasteiger partial charge is 0.471 e. The number of nitrogens with one attached hydrogen (secondary N) is 2. The minimum absolute atomic E-state index is 0.172. The first-order valence-corrected chi connectivity index (χ1v) is 8.07. The number of carbonyl (C=O) groups is 2. The summed E-state index contributed by atoms with van der Waals surface area (Å²) in [5.41, 5.74) is 1.88. The lowest BCUT2D eigenvalue weighted by Crippen LogP contribution is -2.38. The van der Waals surface area contributed by atoms with Crippen LogP contribution in [0.5, 0.6) is 5.75 Å². The van der Waals surface area contributed by atoms with E-state index in [0.717, 1.165) is 6.42 Å². The van der Waals surface area contributed by atoms with E-state index in [-0.39, 0.29) is 5.91 Å². The molecule has 23 heavy (non-hydrogen) atoms. The molecule has 2 amide bonds. The van der Waals surface area contributed by atoms with Gasteiger partial charge >= 0.3 is 0 Å². The van der Waals surface area contributed by atoms with Crippen LogP contribution in [0.25, 0.3) is 0 Å². The summed E-state index contributed by atoms with van der Waals surface area (Å²) in [4.78, 5) is 24.0. The number of ether oxygens (including phenoxy) is 1. The third-order valence-corrected chi connectivity index (χ3v) is 3.95. The van der Waals surface area contributed by atoms with Crippen molar-refractivity contribution >= 4 is 23.2 Å². The maximum Gasteiger partial charge on any atom is 0.274 e. The van der Waals surface area contributed by atoms with Crippen molar-refractivity contribution < 1.29 is 19.5 Å². The first kappa shape index (κ1) is 17.0. The predicted molar refractivity (Wildman–Crippen MR) is 86.8 cm³/mol. The van der Waals surface area contributed by atoms with Gasteiger partial charge in [-0.3, -0.25) is 14.8 Å². The molecule has 0 fully saturated rings. The van der Waals surface area contributed by atoms with Gasteiger partial charge in [-0.2, -0.15) is 0 Å². The van der Waals surface area contributed by atoms with Crippen LogP contribution in [-0.4, -0.2) is 23.2 Å². The maximum absolute atomic E-state index is 12.1. The Bertz CT molecular complexity index is 641. The molecule has 3 N–H and O–H groups in total. The van der Waals surface area contributed by atoms with Crippen molar-refractivity contribution in [1.29, 1.82) is 0 Å². The Hall–Kier alpha value is -2.38. The van der Waals surface area contributed by atoms with Crippen LogP contribution >= 0.6 is 11.3 Å². The van der Waals surface area contributed by atoms with Crippen molar-refractivity contribution in [3.05, 3.63) is 52.2 Å². The van der Waals surface area contributed by atoms with Gasteiger partial charge in [0, 0.05) is 12.0 Å². The van der Waals surface area contributed by atoms with E-state index >= 15 is 0 Å². The van der Waals surface area contributed by atoms with Gasteiger partial charge < -0.3 is 10.1 Å². The van der Waals surface area contributed by atoms with Crippen molar-refractivity contribution in [2.75, 3.05) is 0 Å². The lowest BCUT2D eigenvalue weighted by molar-refractivity contribution is 0.0706. The number of carbonyl (C=O) groups excluding carboxylic acids is 2. The number of benzene rings is 1. The Kier molecular flexibility index (Phi) is 6.13. The van der Waals surface area contributed by atoms with Crippen molar-refractivity contribution in [3.63, 3.8) is 0 Å². The Labute approximate surface area is 138 Å². The molecule has 122 valence electrons. The zero-order valence-corrected chi connectivity index (χ0v) is 13.4. The van der Waals surface area contributed by atoms with Gasteiger partial charge in [0.2, 0.25) is 0 Å². The minimum Gasteiger partial charge on any atom is -0.471 e. The van der Waals surface area contributed by atoms with Crippen molar-refractivity contribution in [2.24, 2.45) is 0 Å². The molecule has 0 aliphatic heterocycles. The van der Waals surface area contributed by atoms with Crippen LogP contribution in [-0.2, 0) is 0 Å². The topological polar surface area (TPSA) is 87.7 Å². The third-order valence-electron chi connectivity index (χ3n) is 3.08. The third kappa shape index (κ3) is 4.80. The highest BCUT2D eigenvalue weighted by atomic mass is 32.1. The zero-order chi connectivity index (χ0) is 16.7. The average Bonchev–Trinajstić information content (AvgIpc) is 3.09. The molecule has 1 heterocycles. The number of rotatable bonds is 7. The molecule has 1 aromatic heterocycles. The first-order valence-electron chi connectivity index (χ1n) is 7.19. The molecule has 0 bridgehead atoms. The Balaban J connectivity index is 2.01. The summed E-state index contributed by atoms with van der Waals surface area (Å²) in [7, 11) is 0. The fourth-order valence-corrected chi connectivity index (χ4v) is 2.59. The van der Waals surface area contributed by atoms with E-state index in [4.69, 9.17) is 9.94 Å². The summed E-state index contributed by atoms with van der Waals surface area (Å²) in [6, 6.07) is 9.87. The highest BCUT2D eigenvalue weighted by molar-refractivity contribution is 7.12. The van der Waals surface area contributed by atoms with Crippen molar-refractivity contribution in [2.45, 2.75) is 26.0 Å². The van der Waals surface area contributed by atoms with Gasteiger partial charge in [-0.05, 0) is 35.7 Å². The highest BCUT2D eigenvalue weighted by Crippen LogP contribution is 2.16. The molecule has 2 aromatic rings. The molecule has 0 spiro atoms. The number of hydroxylamine groups is 1. The smallest absolute Gasteiger partial charge is 0.274 e. The van der Waals surface area contributed by atoms with E-state index in [0.29, 0.717) is 22.6 Å². The Morgan fingerprint density at radius 1 is 1.22 bits per heavy atom. The molecule has 0 aliphatic rings. The fraction of sp³-hybridized carbons (Fsp3) is 0.250. The quantitative estimate of drug-likeness (QED) is 0.413. The van der Waals surface area contributed by atoms with E-state index in [2.05, 4.69) is 5.32 Å². The van der Waals surface area contributed by atoms with Crippen LogP contribution in [0.15, 0.2) is 41.8 Å². The van der Waals surface area contributed by atoms with Crippen LogP contribution in [0.2, 0.25) is 0 Å². The van der Waals surface area contributed by atoms with E-state index in [9.17, 15) is 9.59 Å². The van der Waals surface area contributed by atoms with E-state index < -0.39 is 12.1 Å². The molecular formula is C16H18N2O4S. The monoisotopic (exact) mass is 334 g/mol. The Morgan fingerprint density at radius 3 is 2.52 bits per heavy atom. The minimum atomic E-state index is -0.590. The van der Waals surface area contributed by atoms with Gasteiger partial charge in [-0.25, -0.2) is 5.48 Å². The summed E-state index contributed by atoms with van der Waals surface area (Å²) in [5, 5.41) is 13.3. The molecule has 0 aliphatic carbocycles. The molecule has 1 atom stereocenters. The maximum atomic E-state index is 12.1. The second-order valence-corrected chi connectivity index (χ2v) is 5.76. The predicted octanol–water partition coefficient (Wildman–Crippen LogP) is 2.80. The molecule has 1 aromatic carbocycles. The molecule has 0 saturated carbocycles. The molecular weight excluding hydrogens is 316 g/mol. The van der Waals surface area contributed by atoms with Crippen LogP contribution in [0.4, 0.5) is 0 Å². The second kappa shape index (κ2) is 8.30. The van der Waals surface area contributed by atoms with E-state index in [1.165, 1.54) is 23.5 Å². The van der Waals surface area contributed by atoms with E-state index in [1.807, 2.05) is 18.4 Å². The van der Waals surface area contributed by atoms with Crippen LogP contribution in [0, 0.1) is 0 Å². The summed E-state index contributed by atoms with van der Waals surface area (Å²) in [6.45, 7) is 2.00. The van der Waals surface area contributed by atoms with Gasteiger partial charge in [0.05, 0.1) is 4.88 Å². The average molecular weight is 334 g/mol. The number of hydrogen-bond donors (Lipinski definition) is 3. The van der Waals surface area contributed by atoms with Crippen molar-refractivity contribution in [3.8, 4) is 5.75 Å². The number of amides is 2. The van der Waals surface area contributed by atoms with Crippen LogP contribution in [0.1, 0.15) is 39.8 Å². The standard InChI is InChI=1S/C16H18N2O4S/c1-2-4-14(17-16(20)13-5-3-10-23-13)22-12-8-6-11(7-9-12)15(19)18-21/h3,5-10,14,21H,2,4H2,1H3,(H,17,20)(H,18,19)/t14-/m0/s1. The normalized spacial score (nSPS) is 11.6. The molecule has 7 heteroatoms. The molecule has 6 nitrogen and oxygen atoms in total. The second-order valence-electron chi connectivity index (χ2n) is 4.81. The molecule has 0 saturated heterocycles. The number of thiophene rings is 1. The van der Waals surface area contributed by atoms with E-state index in [1.54, 1.807) is 23.7 Å². The Morgan fingerprint density at radius 2 is 1.96 bits per heavy atom. The fourth-order valence-electron chi connectivity index (χ4n) is 1.96. The zero-order valence-electron chi connectivity index (χ0n) is 12.6. The lowest BCUT2D eigenvalue weighted by atomic mass is 10.2.